The summed E-state index contributed by atoms with van der Waals surface area (Å²) in [5, 5.41) is 13.8. The topological polar surface area (TPSA) is 36.1 Å². The van der Waals surface area contributed by atoms with Crippen LogP contribution >= 0.6 is 39.9 Å². The second-order valence-electron chi connectivity index (χ2n) is 12.8. The molecular formula is C35H45BrN2S2. The molecule has 0 heterocycles. The standard InChI is InChI=1S/2C12H15NS.C11H15Br/c1-12(2,3)11-6-4-10(5-7-11)8-14-9-13;1-12(2,3)11-6-4-10(5-7-11)8-13-9-14;1-11(2,3)10-6-4-9(8-12)5-7-10/h2*4-7H,8H2,1-3H3;4-7H,8H2,1-3H3. The Balaban J connectivity index is 0.000000301. The minimum absolute atomic E-state index is 0.209. The number of isothiocyanates is 1. The molecule has 0 aliphatic carbocycles. The number of aliphatic imine (C=N–C) groups is 1. The smallest absolute Gasteiger partial charge is 0.133 e. The van der Waals surface area contributed by atoms with Gasteiger partial charge in [-0.2, -0.15) is 5.26 Å². The molecule has 3 rings (SSSR count). The molecule has 0 spiro atoms. The van der Waals surface area contributed by atoms with Gasteiger partial charge in [0, 0.05) is 11.1 Å². The average molecular weight is 638 g/mol. The third-order valence-corrected chi connectivity index (χ3v) is 7.63. The number of rotatable bonds is 5. The van der Waals surface area contributed by atoms with Crippen LogP contribution in [0.25, 0.3) is 0 Å². The zero-order chi connectivity index (χ0) is 30.4. The van der Waals surface area contributed by atoms with Crippen molar-refractivity contribution < 1.29 is 0 Å². The van der Waals surface area contributed by atoms with Gasteiger partial charge in [0.15, 0.2) is 0 Å². The highest BCUT2D eigenvalue weighted by Gasteiger charge is 2.14. The van der Waals surface area contributed by atoms with E-state index in [0.717, 1.165) is 11.1 Å². The van der Waals surface area contributed by atoms with E-state index in [9.17, 15) is 0 Å². The van der Waals surface area contributed by atoms with Crippen LogP contribution in [0.15, 0.2) is 77.8 Å². The number of nitrogens with zero attached hydrogens (tertiary/aromatic N) is 2. The summed E-state index contributed by atoms with van der Waals surface area (Å²) < 4.78 is 0. The van der Waals surface area contributed by atoms with Crippen molar-refractivity contribution in [3.63, 3.8) is 0 Å². The van der Waals surface area contributed by atoms with Crippen LogP contribution < -0.4 is 0 Å². The van der Waals surface area contributed by atoms with Gasteiger partial charge in [0.05, 0.1) is 11.7 Å². The van der Waals surface area contributed by atoms with Crippen LogP contribution in [0.1, 0.15) is 95.7 Å². The van der Waals surface area contributed by atoms with Crippen LogP contribution in [-0.2, 0) is 33.9 Å². The van der Waals surface area contributed by atoms with E-state index in [0.29, 0.717) is 6.54 Å². The largest absolute Gasteiger partial charge is 0.228 e. The molecule has 5 heteroatoms. The highest BCUT2D eigenvalue weighted by atomic mass is 79.9. The molecule has 0 saturated carbocycles. The maximum absolute atomic E-state index is 8.42. The van der Waals surface area contributed by atoms with Crippen molar-refractivity contribution in [2.75, 3.05) is 0 Å². The van der Waals surface area contributed by atoms with Crippen molar-refractivity contribution >= 4 is 45.1 Å². The Labute approximate surface area is 261 Å². The predicted molar refractivity (Wildman–Crippen MR) is 184 cm³/mol. The van der Waals surface area contributed by atoms with E-state index in [4.69, 9.17) is 5.26 Å². The fourth-order valence-corrected chi connectivity index (χ4v) is 4.41. The number of benzene rings is 3. The number of halogens is 1. The minimum atomic E-state index is 0.209. The third kappa shape index (κ3) is 13.9. The van der Waals surface area contributed by atoms with E-state index in [1.54, 1.807) is 0 Å². The van der Waals surface area contributed by atoms with Crippen LogP contribution in [0.4, 0.5) is 0 Å². The van der Waals surface area contributed by atoms with Gasteiger partial charge >= 0.3 is 0 Å². The fourth-order valence-electron chi connectivity index (χ4n) is 3.54. The molecule has 0 radical (unpaired) electrons. The molecule has 2 nitrogen and oxygen atoms in total. The molecule has 3 aromatic carbocycles. The molecular weight excluding hydrogens is 592 g/mol. The Morgan fingerprint density at radius 2 is 1.00 bits per heavy atom. The van der Waals surface area contributed by atoms with Gasteiger partial charge in [0.25, 0.3) is 0 Å². The van der Waals surface area contributed by atoms with Crippen molar-refractivity contribution in [1.29, 1.82) is 5.26 Å². The van der Waals surface area contributed by atoms with E-state index >= 15 is 0 Å². The van der Waals surface area contributed by atoms with Gasteiger partial charge < -0.3 is 0 Å². The summed E-state index contributed by atoms with van der Waals surface area (Å²) in [6.07, 6.45) is 0. The molecule has 0 saturated heterocycles. The third-order valence-electron chi connectivity index (χ3n) is 6.24. The van der Waals surface area contributed by atoms with E-state index in [1.165, 1.54) is 45.1 Å². The summed E-state index contributed by atoms with van der Waals surface area (Å²) in [4.78, 5) is 3.90. The average Bonchev–Trinajstić information content (AvgIpc) is 2.90. The number of thiocyanates is 1. The molecule has 0 aliphatic rings. The number of hydrogen-bond donors (Lipinski definition) is 0. The van der Waals surface area contributed by atoms with Gasteiger partial charge in [-0.05, 0) is 73.6 Å². The molecule has 0 aliphatic heterocycles. The first kappa shape index (κ1) is 35.8. The predicted octanol–water partition coefficient (Wildman–Crippen LogP) is 11.2. The molecule has 0 bridgehead atoms. The zero-order valence-electron chi connectivity index (χ0n) is 25.6. The lowest BCUT2D eigenvalue weighted by Gasteiger charge is -2.18. The fraction of sp³-hybridized carbons (Fsp3) is 0.429. The molecule has 0 unspecified atom stereocenters. The van der Waals surface area contributed by atoms with Crippen LogP contribution in [0.2, 0.25) is 0 Å². The van der Waals surface area contributed by atoms with Crippen molar-refractivity contribution in [3.05, 3.63) is 106 Å². The lowest BCUT2D eigenvalue weighted by molar-refractivity contribution is 0.589. The zero-order valence-corrected chi connectivity index (χ0v) is 28.9. The Kier molecular flexibility index (Phi) is 15.1. The summed E-state index contributed by atoms with van der Waals surface area (Å²) in [6, 6.07) is 25.7. The summed E-state index contributed by atoms with van der Waals surface area (Å²) in [5.41, 5.74) is 8.49. The van der Waals surface area contributed by atoms with Gasteiger partial charge in [-0.3, -0.25) is 0 Å². The van der Waals surface area contributed by atoms with Crippen LogP contribution in [0.3, 0.4) is 0 Å². The molecule has 214 valence electrons. The highest BCUT2D eigenvalue weighted by Crippen LogP contribution is 2.24. The van der Waals surface area contributed by atoms with E-state index < -0.39 is 0 Å². The molecule has 40 heavy (non-hydrogen) atoms. The van der Waals surface area contributed by atoms with Crippen molar-refractivity contribution in [1.82, 2.24) is 0 Å². The molecule has 0 fully saturated rings. The number of thioether (sulfide) groups is 1. The Bertz CT molecular complexity index is 1230. The molecule has 0 aromatic heterocycles. The molecule has 0 atom stereocenters. The number of nitriles is 1. The Morgan fingerprint density at radius 3 is 1.30 bits per heavy atom. The molecule has 0 N–H and O–H groups in total. The monoisotopic (exact) mass is 636 g/mol. The maximum Gasteiger partial charge on any atom is 0.133 e. The van der Waals surface area contributed by atoms with Crippen molar-refractivity contribution in [3.8, 4) is 5.40 Å². The van der Waals surface area contributed by atoms with Gasteiger partial charge in [-0.15, -0.1) is 0 Å². The van der Waals surface area contributed by atoms with E-state index in [2.05, 4.69) is 179 Å². The Hall–Kier alpha value is -2.22. The lowest BCUT2D eigenvalue weighted by Crippen LogP contribution is -2.10. The summed E-state index contributed by atoms with van der Waals surface area (Å²) >= 11 is 9.23. The number of thiocarbonyl (C=S) groups is 1. The lowest BCUT2D eigenvalue weighted by atomic mass is 9.87. The normalized spacial score (nSPS) is 11.1. The van der Waals surface area contributed by atoms with Gasteiger partial charge in [-0.25, -0.2) is 4.99 Å². The van der Waals surface area contributed by atoms with Crippen molar-refractivity contribution in [2.24, 2.45) is 4.99 Å². The molecule has 0 amide bonds. The first-order chi connectivity index (χ1) is 18.6. The summed E-state index contributed by atoms with van der Waals surface area (Å²) in [5.74, 6) is 0.779. The second kappa shape index (κ2) is 16.9. The highest BCUT2D eigenvalue weighted by molar-refractivity contribution is 9.08. The van der Waals surface area contributed by atoms with Crippen LogP contribution in [0.5, 0.6) is 0 Å². The maximum atomic E-state index is 8.42. The first-order valence-electron chi connectivity index (χ1n) is 13.5. The summed E-state index contributed by atoms with van der Waals surface area (Å²) in [6.45, 7) is 20.5. The SMILES string of the molecule is CC(C)(C)c1ccc(CBr)cc1.CC(C)(C)c1ccc(CN=C=S)cc1.CC(C)(C)c1ccc(CSC#N)cc1. The van der Waals surface area contributed by atoms with Crippen molar-refractivity contribution in [2.45, 2.75) is 96.2 Å². The van der Waals surface area contributed by atoms with Gasteiger partial charge in [-0.1, -0.05) is 151 Å². The second-order valence-corrected chi connectivity index (χ2v) is 14.3. The van der Waals surface area contributed by atoms with Crippen LogP contribution in [0, 0.1) is 10.7 Å². The van der Waals surface area contributed by atoms with Gasteiger partial charge in [0.2, 0.25) is 0 Å². The van der Waals surface area contributed by atoms with E-state index in [1.807, 2.05) is 0 Å². The minimum Gasteiger partial charge on any atom is -0.228 e. The van der Waals surface area contributed by atoms with Gasteiger partial charge in [0.1, 0.15) is 5.40 Å². The first-order valence-corrected chi connectivity index (χ1v) is 16.0. The summed E-state index contributed by atoms with van der Waals surface area (Å²) in [7, 11) is 0. The molecule has 3 aromatic rings. The van der Waals surface area contributed by atoms with E-state index in [-0.39, 0.29) is 16.2 Å². The quantitative estimate of drug-likeness (QED) is 0.121. The van der Waals surface area contributed by atoms with Crippen LogP contribution in [-0.4, -0.2) is 5.16 Å². The Morgan fingerprint density at radius 1 is 0.650 bits per heavy atom. The number of hydrogen-bond acceptors (Lipinski definition) is 4. The number of alkyl halides is 1.